The molecule has 0 radical (unpaired) electrons. The number of carbonyl (C=O) groups is 4. The molecule has 2 aromatic rings. The van der Waals surface area contributed by atoms with Gasteiger partial charge >= 0.3 is 11.9 Å². The number of aliphatic carboxylic acids is 1. The summed E-state index contributed by atoms with van der Waals surface area (Å²) in [6.07, 6.45) is -0.666. The number of nitrogens with one attached hydrogen (secondary N) is 1. The highest BCUT2D eigenvalue weighted by Gasteiger charge is 2.54. The highest BCUT2D eigenvalue weighted by atomic mass is 32.2. The summed E-state index contributed by atoms with van der Waals surface area (Å²) < 4.78 is 5.47. The number of amides is 2. The second-order valence-electron chi connectivity index (χ2n) is 7.30. The van der Waals surface area contributed by atoms with Crippen molar-refractivity contribution in [2.75, 3.05) is 5.75 Å². The van der Waals surface area contributed by atoms with Gasteiger partial charge in [0.15, 0.2) is 0 Å². The van der Waals surface area contributed by atoms with Crippen LogP contribution in [0.15, 0.2) is 59.1 Å². The van der Waals surface area contributed by atoms with E-state index in [2.05, 4.69) is 5.32 Å². The van der Waals surface area contributed by atoms with Gasteiger partial charge in [-0.1, -0.05) is 24.3 Å². The van der Waals surface area contributed by atoms with Crippen LogP contribution in [0.25, 0.3) is 0 Å². The van der Waals surface area contributed by atoms with Crippen molar-refractivity contribution in [2.45, 2.75) is 30.9 Å². The van der Waals surface area contributed by atoms with Gasteiger partial charge in [-0.2, -0.15) is 0 Å². The maximum absolute atomic E-state index is 12.8. The lowest BCUT2D eigenvalue weighted by molar-refractivity contribution is -0.150. The Kier molecular flexibility index (Phi) is 6.33. The van der Waals surface area contributed by atoms with Crippen molar-refractivity contribution < 1.29 is 29.0 Å². The number of carboxylic acids is 1. The number of nitrogens with zero attached hydrogens (tertiary/aromatic N) is 1. The summed E-state index contributed by atoms with van der Waals surface area (Å²) in [5.41, 5.74) is 0.516. The monoisotopic (exact) mass is 472 g/mol. The first-order chi connectivity index (χ1) is 15.4. The molecular formula is C22H20N2O6S2. The van der Waals surface area contributed by atoms with Crippen molar-refractivity contribution in [3.05, 3.63) is 69.6 Å². The van der Waals surface area contributed by atoms with E-state index < -0.39 is 35.4 Å². The van der Waals surface area contributed by atoms with Crippen LogP contribution in [0.5, 0.6) is 0 Å². The number of carboxylic acid groups (broad SMARTS) is 1. The van der Waals surface area contributed by atoms with E-state index in [9.17, 15) is 24.3 Å². The molecule has 0 spiro atoms. The number of thiophene rings is 1. The number of esters is 1. The summed E-state index contributed by atoms with van der Waals surface area (Å²) in [7, 11) is 0. The zero-order valence-electron chi connectivity index (χ0n) is 17.0. The highest BCUT2D eigenvalue weighted by Crippen LogP contribution is 2.41. The third kappa shape index (κ3) is 4.28. The Morgan fingerprint density at radius 1 is 1.22 bits per heavy atom. The number of thioether (sulfide) groups is 1. The molecule has 4 rings (SSSR count). The maximum Gasteiger partial charge on any atom is 0.352 e. The van der Waals surface area contributed by atoms with E-state index in [-0.39, 0.29) is 23.8 Å². The van der Waals surface area contributed by atoms with Crippen LogP contribution in [0.1, 0.15) is 22.2 Å². The van der Waals surface area contributed by atoms with E-state index >= 15 is 0 Å². The molecular weight excluding hydrogens is 452 g/mol. The van der Waals surface area contributed by atoms with Gasteiger partial charge in [0, 0.05) is 16.2 Å². The molecule has 1 saturated heterocycles. The number of ether oxygens (including phenoxy) is 1. The van der Waals surface area contributed by atoms with Crippen molar-refractivity contribution in [3.63, 3.8) is 0 Å². The molecule has 3 atom stereocenters. The van der Waals surface area contributed by atoms with Crippen LogP contribution in [0.2, 0.25) is 0 Å². The Labute approximate surface area is 192 Å². The second-order valence-corrected chi connectivity index (χ2v) is 9.44. The van der Waals surface area contributed by atoms with Gasteiger partial charge in [-0.25, -0.2) is 9.59 Å². The Hall–Kier alpha value is -3.11. The minimum atomic E-state index is -1.27. The van der Waals surface area contributed by atoms with Crippen LogP contribution in [0.3, 0.4) is 0 Å². The van der Waals surface area contributed by atoms with Gasteiger partial charge in [-0.3, -0.25) is 14.5 Å². The molecule has 32 heavy (non-hydrogen) atoms. The van der Waals surface area contributed by atoms with Gasteiger partial charge in [0.1, 0.15) is 23.2 Å². The highest BCUT2D eigenvalue weighted by molar-refractivity contribution is 8.00. The molecule has 0 bridgehead atoms. The zero-order valence-corrected chi connectivity index (χ0v) is 18.7. The Bertz CT molecular complexity index is 1080. The molecule has 2 amide bonds. The number of carbonyl (C=O) groups excluding carboxylic acids is 3. The molecule has 1 aromatic carbocycles. The van der Waals surface area contributed by atoms with Crippen LogP contribution in [0.4, 0.5) is 0 Å². The topological polar surface area (TPSA) is 113 Å². The number of rotatable bonds is 7. The molecule has 2 aliphatic rings. The summed E-state index contributed by atoms with van der Waals surface area (Å²) in [6.45, 7) is 1.59. The van der Waals surface area contributed by atoms with Crippen LogP contribution < -0.4 is 5.32 Å². The Morgan fingerprint density at radius 3 is 2.62 bits per heavy atom. The first-order valence-electron chi connectivity index (χ1n) is 9.85. The molecule has 0 aliphatic carbocycles. The zero-order chi connectivity index (χ0) is 22.8. The third-order valence-corrected chi connectivity index (χ3v) is 7.39. The number of β-lactam (4-membered cyclic amide) rings is 1. The van der Waals surface area contributed by atoms with E-state index in [0.29, 0.717) is 11.1 Å². The van der Waals surface area contributed by atoms with E-state index in [1.165, 1.54) is 28.0 Å². The van der Waals surface area contributed by atoms with Crippen molar-refractivity contribution in [2.24, 2.45) is 0 Å². The third-order valence-electron chi connectivity index (χ3n) is 5.22. The Balaban J connectivity index is 1.47. The minimum Gasteiger partial charge on any atom is -0.477 e. The lowest BCUT2D eigenvalue weighted by Crippen LogP contribution is -2.70. The van der Waals surface area contributed by atoms with Crippen LogP contribution >= 0.6 is 23.1 Å². The van der Waals surface area contributed by atoms with Gasteiger partial charge in [0.25, 0.3) is 5.91 Å². The minimum absolute atomic E-state index is 0.165. The fourth-order valence-electron chi connectivity index (χ4n) is 3.62. The second kappa shape index (κ2) is 9.17. The van der Waals surface area contributed by atoms with Crippen molar-refractivity contribution in [3.8, 4) is 0 Å². The smallest absolute Gasteiger partial charge is 0.352 e. The summed E-state index contributed by atoms with van der Waals surface area (Å²) in [4.78, 5) is 51.5. The van der Waals surface area contributed by atoms with E-state index in [4.69, 9.17) is 4.74 Å². The maximum atomic E-state index is 12.8. The number of benzene rings is 1. The normalized spacial score (nSPS) is 20.8. The molecule has 166 valence electrons. The van der Waals surface area contributed by atoms with Gasteiger partial charge in [0.2, 0.25) is 5.91 Å². The molecule has 1 aromatic heterocycles. The predicted molar refractivity (Wildman–Crippen MR) is 119 cm³/mol. The number of fused-ring (bicyclic) bond motifs is 1. The summed E-state index contributed by atoms with van der Waals surface area (Å²) >= 11 is 2.79. The quantitative estimate of drug-likeness (QED) is 0.470. The first-order valence-corrected chi connectivity index (χ1v) is 11.8. The van der Waals surface area contributed by atoms with E-state index in [0.717, 1.165) is 4.88 Å². The van der Waals surface area contributed by atoms with E-state index in [1.54, 1.807) is 37.3 Å². The number of hydrogen-bond donors (Lipinski definition) is 2. The number of hydrogen-bond acceptors (Lipinski definition) is 7. The molecule has 3 heterocycles. The molecule has 8 nitrogen and oxygen atoms in total. The van der Waals surface area contributed by atoms with Gasteiger partial charge in [-0.15, -0.1) is 23.1 Å². The summed E-state index contributed by atoms with van der Waals surface area (Å²) in [5, 5.41) is 13.9. The molecule has 0 saturated carbocycles. The van der Waals surface area contributed by atoms with Crippen LogP contribution in [0, 0.1) is 0 Å². The molecule has 1 unspecified atom stereocenters. The van der Waals surface area contributed by atoms with E-state index in [1.807, 2.05) is 17.5 Å². The molecule has 1 fully saturated rings. The Morgan fingerprint density at radius 2 is 1.97 bits per heavy atom. The van der Waals surface area contributed by atoms with Crippen LogP contribution in [-0.4, -0.2) is 57.0 Å². The van der Waals surface area contributed by atoms with Crippen LogP contribution in [-0.2, 0) is 25.5 Å². The average molecular weight is 473 g/mol. The van der Waals surface area contributed by atoms with Gasteiger partial charge < -0.3 is 15.2 Å². The SMILES string of the molecule is CC(OC(=O)c1ccccc1)C1=C(C(=O)O)N2C(=O)[C@@H](NC(=O)Cc3cccs3)[C@H]2SC1. The standard InChI is InChI=1S/C22H20N2O6S2/c1-12(30-22(29)13-6-3-2-4-7-13)15-11-32-20-17(19(26)24(20)18(15)21(27)28)23-16(25)10-14-8-5-9-31-14/h2-9,12,17,20H,10-11H2,1H3,(H,23,25)(H,27,28)/t12?,17-,20-/m1/s1. The molecule has 2 N–H and O–H groups in total. The largest absolute Gasteiger partial charge is 0.477 e. The van der Waals surface area contributed by atoms with Crippen molar-refractivity contribution in [1.29, 1.82) is 0 Å². The average Bonchev–Trinajstić information content (AvgIpc) is 3.29. The summed E-state index contributed by atoms with van der Waals surface area (Å²) in [6, 6.07) is 11.3. The fourth-order valence-corrected chi connectivity index (χ4v) is 5.78. The molecule has 10 heteroatoms. The van der Waals surface area contributed by atoms with Gasteiger partial charge in [-0.05, 0) is 30.5 Å². The van der Waals surface area contributed by atoms with Crippen molar-refractivity contribution in [1.82, 2.24) is 10.2 Å². The summed E-state index contributed by atoms with van der Waals surface area (Å²) in [5.74, 6) is -2.36. The predicted octanol–water partition coefficient (Wildman–Crippen LogP) is 2.27. The fraction of sp³-hybridized carbons (Fsp3) is 0.273. The molecule has 2 aliphatic heterocycles. The first kappa shape index (κ1) is 22.1. The lowest BCUT2D eigenvalue weighted by atomic mass is 10.0. The van der Waals surface area contributed by atoms with Gasteiger partial charge in [0.05, 0.1) is 12.0 Å². The van der Waals surface area contributed by atoms with Crippen molar-refractivity contribution >= 4 is 46.9 Å². The lowest BCUT2D eigenvalue weighted by Gasteiger charge is -2.49.